The number of carbonyl (C=O) groups is 2. The lowest BCUT2D eigenvalue weighted by Crippen LogP contribution is -2.32. The first-order chi connectivity index (χ1) is 13.1. The first-order valence-electron chi connectivity index (χ1n) is 8.51. The summed E-state index contributed by atoms with van der Waals surface area (Å²) in [6, 6.07) is 9.15. The molecule has 0 saturated heterocycles. The molecule has 7 heteroatoms. The normalized spacial score (nSPS) is 13.3. The third-order valence-electron chi connectivity index (χ3n) is 4.53. The quantitative estimate of drug-likeness (QED) is 0.706. The molecule has 0 bridgehead atoms. The molecule has 1 fully saturated rings. The topological polar surface area (TPSA) is 87.8 Å². The van der Waals surface area contributed by atoms with Gasteiger partial charge >= 0.3 is 5.97 Å². The summed E-state index contributed by atoms with van der Waals surface area (Å²) < 4.78 is 1.48. The molecule has 0 atom stereocenters. The standard InChI is InChI=1S/C20H16N4O3/c1-2-10-23(19(25)13-6-7-13)15-5-3-4-14(11-15)17-8-9-21-18-16(20(26)27)12-22-24(17)18/h1,3-5,8-9,11-13H,6-7,10H2,(H,26,27). The zero-order chi connectivity index (χ0) is 19.0. The lowest BCUT2D eigenvalue weighted by atomic mass is 10.1. The van der Waals surface area contributed by atoms with Crippen molar-refractivity contribution in [3.63, 3.8) is 0 Å². The van der Waals surface area contributed by atoms with Crippen molar-refractivity contribution in [3.05, 3.63) is 48.3 Å². The maximum absolute atomic E-state index is 12.6. The van der Waals surface area contributed by atoms with Crippen molar-refractivity contribution >= 4 is 23.2 Å². The average Bonchev–Trinajstić information content (AvgIpc) is 3.43. The van der Waals surface area contributed by atoms with Crippen molar-refractivity contribution in [3.8, 4) is 23.6 Å². The Kier molecular flexibility index (Phi) is 4.09. The molecule has 3 aromatic rings. The summed E-state index contributed by atoms with van der Waals surface area (Å²) >= 11 is 0. The minimum absolute atomic E-state index is 0.0332. The molecule has 1 aliphatic carbocycles. The van der Waals surface area contributed by atoms with Gasteiger partial charge in [0.1, 0.15) is 5.56 Å². The summed E-state index contributed by atoms with van der Waals surface area (Å²) in [6.07, 6.45) is 10.1. The fourth-order valence-corrected chi connectivity index (χ4v) is 3.03. The first-order valence-corrected chi connectivity index (χ1v) is 8.51. The van der Waals surface area contributed by atoms with Crippen molar-refractivity contribution in [1.82, 2.24) is 14.6 Å². The Morgan fingerprint density at radius 1 is 1.33 bits per heavy atom. The van der Waals surface area contributed by atoms with E-state index in [1.54, 1.807) is 17.2 Å². The predicted octanol–water partition coefficient (Wildman–Crippen LogP) is 2.47. The number of carbonyl (C=O) groups excluding carboxylic acids is 1. The van der Waals surface area contributed by atoms with E-state index in [2.05, 4.69) is 16.0 Å². The van der Waals surface area contributed by atoms with Gasteiger partial charge in [0, 0.05) is 23.4 Å². The average molecular weight is 360 g/mol. The number of amides is 1. The minimum atomic E-state index is -1.08. The second-order valence-corrected chi connectivity index (χ2v) is 6.38. The number of carboxylic acids is 1. The summed E-state index contributed by atoms with van der Waals surface area (Å²) in [5, 5.41) is 13.4. The monoisotopic (exact) mass is 360 g/mol. The molecule has 1 amide bonds. The number of aromatic nitrogens is 3. The van der Waals surface area contributed by atoms with Crippen molar-refractivity contribution in [2.45, 2.75) is 12.8 Å². The van der Waals surface area contributed by atoms with Crippen molar-refractivity contribution in [1.29, 1.82) is 0 Å². The highest BCUT2D eigenvalue weighted by molar-refractivity contribution is 5.97. The Morgan fingerprint density at radius 2 is 2.15 bits per heavy atom. The minimum Gasteiger partial charge on any atom is -0.477 e. The van der Waals surface area contributed by atoms with Crippen LogP contribution in [0.1, 0.15) is 23.2 Å². The Balaban J connectivity index is 1.79. The predicted molar refractivity (Wildman–Crippen MR) is 99.3 cm³/mol. The van der Waals surface area contributed by atoms with Crippen LogP contribution in [-0.2, 0) is 4.79 Å². The zero-order valence-electron chi connectivity index (χ0n) is 14.4. The number of benzene rings is 1. The molecule has 1 N–H and O–H groups in total. The van der Waals surface area contributed by atoms with Gasteiger partial charge in [0.05, 0.1) is 18.4 Å². The number of nitrogens with zero attached hydrogens (tertiary/aromatic N) is 4. The van der Waals surface area contributed by atoms with E-state index in [1.165, 1.54) is 10.7 Å². The first kappa shape index (κ1) is 16.8. The maximum Gasteiger partial charge on any atom is 0.341 e. The van der Waals surface area contributed by atoms with Crippen LogP contribution >= 0.6 is 0 Å². The van der Waals surface area contributed by atoms with Crippen LogP contribution in [0, 0.1) is 18.3 Å². The van der Waals surface area contributed by atoms with E-state index >= 15 is 0 Å². The van der Waals surface area contributed by atoms with E-state index in [0.717, 1.165) is 18.4 Å². The van der Waals surface area contributed by atoms with E-state index in [1.807, 2.05) is 24.3 Å². The summed E-state index contributed by atoms with van der Waals surface area (Å²) in [4.78, 5) is 29.6. The summed E-state index contributed by atoms with van der Waals surface area (Å²) in [5.41, 5.74) is 2.46. The number of anilines is 1. The van der Waals surface area contributed by atoms with E-state index in [9.17, 15) is 14.7 Å². The molecule has 0 spiro atoms. The van der Waals surface area contributed by atoms with Crippen LogP contribution in [0.2, 0.25) is 0 Å². The smallest absolute Gasteiger partial charge is 0.341 e. The van der Waals surface area contributed by atoms with Gasteiger partial charge < -0.3 is 10.0 Å². The highest BCUT2D eigenvalue weighted by Gasteiger charge is 2.33. The highest BCUT2D eigenvalue weighted by Crippen LogP contribution is 2.33. The molecule has 2 aromatic heterocycles. The number of terminal acetylenes is 1. The Labute approximate surface area is 155 Å². The number of fused-ring (bicyclic) bond motifs is 1. The molecule has 27 heavy (non-hydrogen) atoms. The zero-order valence-corrected chi connectivity index (χ0v) is 14.4. The van der Waals surface area contributed by atoms with Crippen LogP contribution in [-0.4, -0.2) is 38.1 Å². The largest absolute Gasteiger partial charge is 0.477 e. The third kappa shape index (κ3) is 3.02. The van der Waals surface area contributed by atoms with Crippen LogP contribution < -0.4 is 4.90 Å². The SMILES string of the molecule is C#CCN(C(=O)C1CC1)c1cccc(-c2ccnc3c(C(=O)O)cnn23)c1. The van der Waals surface area contributed by atoms with Gasteiger partial charge in [-0.1, -0.05) is 18.1 Å². The lowest BCUT2D eigenvalue weighted by Gasteiger charge is -2.21. The Hall–Kier alpha value is -3.66. The van der Waals surface area contributed by atoms with Crippen LogP contribution in [0.25, 0.3) is 16.9 Å². The number of hydrogen-bond acceptors (Lipinski definition) is 4. The molecule has 1 aromatic carbocycles. The van der Waals surface area contributed by atoms with Gasteiger partial charge in [-0.25, -0.2) is 14.3 Å². The van der Waals surface area contributed by atoms with Gasteiger partial charge in [-0.05, 0) is 31.0 Å². The molecule has 2 heterocycles. The Bertz CT molecular complexity index is 1090. The van der Waals surface area contributed by atoms with Crippen molar-refractivity contribution < 1.29 is 14.7 Å². The molecular weight excluding hydrogens is 344 g/mol. The van der Waals surface area contributed by atoms with Gasteiger partial charge in [0.15, 0.2) is 5.65 Å². The van der Waals surface area contributed by atoms with Gasteiger partial charge in [-0.3, -0.25) is 4.79 Å². The second kappa shape index (κ2) is 6.57. The van der Waals surface area contributed by atoms with Crippen LogP contribution in [0.3, 0.4) is 0 Å². The number of rotatable bonds is 5. The van der Waals surface area contributed by atoms with Crippen molar-refractivity contribution in [2.24, 2.45) is 5.92 Å². The molecular formula is C20H16N4O3. The van der Waals surface area contributed by atoms with Crippen LogP contribution in [0.5, 0.6) is 0 Å². The molecule has 7 nitrogen and oxygen atoms in total. The Morgan fingerprint density at radius 3 is 2.85 bits per heavy atom. The van der Waals surface area contributed by atoms with Crippen LogP contribution in [0.15, 0.2) is 42.7 Å². The second-order valence-electron chi connectivity index (χ2n) is 6.38. The van der Waals surface area contributed by atoms with Crippen LogP contribution in [0.4, 0.5) is 5.69 Å². The van der Waals surface area contributed by atoms with E-state index < -0.39 is 5.97 Å². The molecule has 0 aliphatic heterocycles. The molecule has 4 rings (SSSR count). The van der Waals surface area contributed by atoms with Crippen molar-refractivity contribution in [2.75, 3.05) is 11.4 Å². The molecule has 1 aliphatic rings. The molecule has 0 radical (unpaired) electrons. The molecule has 134 valence electrons. The highest BCUT2D eigenvalue weighted by atomic mass is 16.4. The lowest BCUT2D eigenvalue weighted by molar-refractivity contribution is -0.119. The summed E-state index contributed by atoms with van der Waals surface area (Å²) in [6.45, 7) is 0.204. The summed E-state index contributed by atoms with van der Waals surface area (Å²) in [5.74, 6) is 1.56. The van der Waals surface area contributed by atoms with E-state index in [4.69, 9.17) is 6.42 Å². The molecule has 0 unspecified atom stereocenters. The van der Waals surface area contributed by atoms with Gasteiger partial charge in [-0.2, -0.15) is 5.10 Å². The van der Waals surface area contributed by atoms with Gasteiger partial charge in [-0.15, -0.1) is 6.42 Å². The number of hydrogen-bond donors (Lipinski definition) is 1. The fraction of sp³-hybridized carbons (Fsp3) is 0.200. The van der Waals surface area contributed by atoms with E-state index in [0.29, 0.717) is 11.4 Å². The third-order valence-corrected chi connectivity index (χ3v) is 4.53. The number of aromatic carboxylic acids is 1. The van der Waals surface area contributed by atoms with E-state index in [-0.39, 0.29) is 29.6 Å². The number of carboxylic acid groups (broad SMARTS) is 1. The summed E-state index contributed by atoms with van der Waals surface area (Å²) in [7, 11) is 0. The van der Waals surface area contributed by atoms with Gasteiger partial charge in [0.2, 0.25) is 5.91 Å². The van der Waals surface area contributed by atoms with Gasteiger partial charge in [0.25, 0.3) is 0 Å². The molecule has 1 saturated carbocycles. The maximum atomic E-state index is 12.6. The fourth-order valence-electron chi connectivity index (χ4n) is 3.03.